The second-order valence-electron chi connectivity index (χ2n) is 5.76. The van der Waals surface area contributed by atoms with E-state index in [4.69, 9.17) is 9.26 Å². The average Bonchev–Trinajstić information content (AvgIpc) is 3.46. The van der Waals surface area contributed by atoms with E-state index >= 15 is 0 Å². The van der Waals surface area contributed by atoms with Gasteiger partial charge in [0.25, 0.3) is 0 Å². The molecule has 0 aliphatic carbocycles. The largest absolute Gasteiger partial charge is 0.493 e. The van der Waals surface area contributed by atoms with Crippen LogP contribution in [0.3, 0.4) is 0 Å². The number of thiophene rings is 1. The van der Waals surface area contributed by atoms with Crippen molar-refractivity contribution in [3.05, 3.63) is 47.7 Å². The van der Waals surface area contributed by atoms with Gasteiger partial charge in [0.15, 0.2) is 11.0 Å². The third-order valence-electron chi connectivity index (χ3n) is 4.00. The molecule has 4 aromatic rings. The lowest BCUT2D eigenvalue weighted by atomic mass is 10.2. The van der Waals surface area contributed by atoms with E-state index in [0.717, 1.165) is 33.7 Å². The summed E-state index contributed by atoms with van der Waals surface area (Å²) < 4.78 is 13.2. The normalized spacial score (nSPS) is 11.1. The first-order chi connectivity index (χ1) is 13.8. The molecule has 144 valence electrons. The summed E-state index contributed by atoms with van der Waals surface area (Å²) in [5.41, 5.74) is 0.820. The quantitative estimate of drug-likeness (QED) is 0.385. The number of hydrogen-bond donors (Lipinski definition) is 0. The minimum atomic E-state index is 0.520. The Kier molecular flexibility index (Phi) is 5.73. The van der Waals surface area contributed by atoms with Gasteiger partial charge in [-0.15, -0.1) is 21.5 Å². The highest BCUT2D eigenvalue weighted by Gasteiger charge is 2.17. The summed E-state index contributed by atoms with van der Waals surface area (Å²) in [6.07, 6.45) is 0. The van der Waals surface area contributed by atoms with Gasteiger partial charge in [-0.2, -0.15) is 4.98 Å². The van der Waals surface area contributed by atoms with Gasteiger partial charge in [0.05, 0.1) is 22.8 Å². The van der Waals surface area contributed by atoms with Crippen LogP contribution in [-0.4, -0.2) is 31.5 Å². The van der Waals surface area contributed by atoms with Crippen molar-refractivity contribution < 1.29 is 9.26 Å². The van der Waals surface area contributed by atoms with Crippen molar-refractivity contribution in [3.8, 4) is 27.8 Å². The number of nitrogens with zero attached hydrogens (tertiary/aromatic N) is 5. The van der Waals surface area contributed by atoms with Crippen LogP contribution < -0.4 is 4.74 Å². The van der Waals surface area contributed by atoms with E-state index < -0.39 is 0 Å². The molecule has 0 N–H and O–H groups in total. The highest BCUT2D eigenvalue weighted by atomic mass is 32.2. The van der Waals surface area contributed by atoms with E-state index in [9.17, 15) is 0 Å². The molecule has 0 spiro atoms. The molecular formula is C19H19N5O2S2. The van der Waals surface area contributed by atoms with Crippen molar-refractivity contribution >= 4 is 23.1 Å². The molecule has 0 saturated carbocycles. The minimum absolute atomic E-state index is 0.520. The summed E-state index contributed by atoms with van der Waals surface area (Å²) in [5.74, 6) is 3.21. The lowest BCUT2D eigenvalue weighted by Crippen LogP contribution is -1.99. The van der Waals surface area contributed by atoms with Crippen molar-refractivity contribution in [2.24, 2.45) is 0 Å². The Morgan fingerprint density at radius 3 is 2.82 bits per heavy atom. The molecule has 1 aromatic carbocycles. The fourth-order valence-electron chi connectivity index (χ4n) is 2.75. The second-order valence-corrected chi connectivity index (χ2v) is 7.65. The third kappa shape index (κ3) is 3.81. The van der Waals surface area contributed by atoms with Crippen LogP contribution in [0.5, 0.6) is 5.75 Å². The Morgan fingerprint density at radius 2 is 2.04 bits per heavy atom. The molecular weight excluding hydrogens is 394 g/mol. The Hall–Kier alpha value is -2.65. The number of rotatable bonds is 8. The van der Waals surface area contributed by atoms with Crippen LogP contribution in [0.25, 0.3) is 22.1 Å². The zero-order valence-corrected chi connectivity index (χ0v) is 17.2. The molecule has 0 atom stereocenters. The molecule has 0 saturated heterocycles. The molecule has 0 aliphatic heterocycles. The molecule has 28 heavy (non-hydrogen) atoms. The highest BCUT2D eigenvalue weighted by Crippen LogP contribution is 2.30. The molecule has 3 heterocycles. The van der Waals surface area contributed by atoms with Gasteiger partial charge in [-0.05, 0) is 37.4 Å². The van der Waals surface area contributed by atoms with Gasteiger partial charge in [-0.1, -0.05) is 35.1 Å². The van der Waals surface area contributed by atoms with Gasteiger partial charge in [-0.3, -0.25) is 0 Å². The van der Waals surface area contributed by atoms with Crippen LogP contribution in [0.1, 0.15) is 19.7 Å². The first kappa shape index (κ1) is 18.7. The molecule has 0 radical (unpaired) electrons. The number of aromatic nitrogens is 5. The first-order valence-electron chi connectivity index (χ1n) is 8.94. The molecule has 0 aliphatic rings. The predicted molar refractivity (Wildman–Crippen MR) is 109 cm³/mol. The Labute approximate surface area is 170 Å². The summed E-state index contributed by atoms with van der Waals surface area (Å²) in [4.78, 5) is 5.62. The molecule has 4 rings (SSSR count). The fourth-order valence-corrected chi connectivity index (χ4v) is 4.31. The van der Waals surface area contributed by atoms with Gasteiger partial charge < -0.3 is 13.8 Å². The molecule has 0 amide bonds. The van der Waals surface area contributed by atoms with Crippen LogP contribution in [0.2, 0.25) is 0 Å². The summed E-state index contributed by atoms with van der Waals surface area (Å²) in [7, 11) is 0. The summed E-state index contributed by atoms with van der Waals surface area (Å²) in [6, 6.07) is 11.7. The van der Waals surface area contributed by atoms with Crippen LogP contribution in [0.4, 0.5) is 0 Å². The van der Waals surface area contributed by atoms with Crippen molar-refractivity contribution in [2.75, 3.05) is 6.61 Å². The van der Waals surface area contributed by atoms with Crippen molar-refractivity contribution in [1.29, 1.82) is 0 Å². The monoisotopic (exact) mass is 413 g/mol. The van der Waals surface area contributed by atoms with Crippen molar-refractivity contribution in [3.63, 3.8) is 0 Å². The molecule has 0 unspecified atom stereocenters. The van der Waals surface area contributed by atoms with E-state index in [0.29, 0.717) is 24.1 Å². The third-order valence-corrected chi connectivity index (χ3v) is 5.81. The standard InChI is InChI=1S/C19H19N5O2S2/c1-3-24-18(15-10-7-11-27-15)21-22-19(24)28-12-16-20-17(23-26-16)13-8-5-6-9-14(13)25-4-2/h5-11H,3-4,12H2,1-2H3. The van der Waals surface area contributed by atoms with Crippen LogP contribution >= 0.6 is 23.1 Å². The Balaban J connectivity index is 1.50. The van der Waals surface area contributed by atoms with Gasteiger partial charge in [0, 0.05) is 6.54 Å². The average molecular weight is 414 g/mol. The topological polar surface area (TPSA) is 78.9 Å². The number of para-hydroxylation sites is 1. The Bertz CT molecular complexity index is 1040. The van der Waals surface area contributed by atoms with Gasteiger partial charge in [0.1, 0.15) is 5.75 Å². The summed E-state index contributed by atoms with van der Waals surface area (Å²) in [5, 5.41) is 15.7. The van der Waals surface area contributed by atoms with E-state index in [1.54, 1.807) is 11.3 Å². The van der Waals surface area contributed by atoms with E-state index in [1.807, 2.05) is 42.6 Å². The summed E-state index contributed by atoms with van der Waals surface area (Å²) in [6.45, 7) is 5.40. The molecule has 7 nitrogen and oxygen atoms in total. The molecule has 0 bridgehead atoms. The van der Waals surface area contributed by atoms with Gasteiger partial charge in [0.2, 0.25) is 11.7 Å². The minimum Gasteiger partial charge on any atom is -0.493 e. The zero-order valence-electron chi connectivity index (χ0n) is 15.5. The highest BCUT2D eigenvalue weighted by molar-refractivity contribution is 7.98. The van der Waals surface area contributed by atoms with E-state index in [2.05, 4.69) is 37.9 Å². The van der Waals surface area contributed by atoms with E-state index in [-0.39, 0.29) is 0 Å². The number of benzene rings is 1. The van der Waals surface area contributed by atoms with Crippen LogP contribution in [0.15, 0.2) is 51.5 Å². The number of ether oxygens (including phenoxy) is 1. The maximum Gasteiger partial charge on any atom is 0.237 e. The fraction of sp³-hybridized carbons (Fsp3) is 0.263. The lowest BCUT2D eigenvalue weighted by Gasteiger charge is -2.06. The van der Waals surface area contributed by atoms with Crippen molar-refractivity contribution in [2.45, 2.75) is 31.3 Å². The maximum atomic E-state index is 5.65. The Morgan fingerprint density at radius 1 is 1.14 bits per heavy atom. The summed E-state index contributed by atoms with van der Waals surface area (Å²) >= 11 is 3.19. The number of hydrogen-bond acceptors (Lipinski definition) is 8. The zero-order chi connectivity index (χ0) is 19.3. The molecule has 9 heteroatoms. The SMILES string of the molecule is CCOc1ccccc1-c1noc(CSc2nnc(-c3cccs3)n2CC)n1. The smallest absolute Gasteiger partial charge is 0.237 e. The molecule has 3 aromatic heterocycles. The predicted octanol–water partition coefficient (Wildman–Crippen LogP) is 4.77. The molecule has 0 fully saturated rings. The first-order valence-corrected chi connectivity index (χ1v) is 10.8. The lowest BCUT2D eigenvalue weighted by molar-refractivity contribution is 0.341. The van der Waals surface area contributed by atoms with Gasteiger partial charge >= 0.3 is 0 Å². The number of thioether (sulfide) groups is 1. The van der Waals surface area contributed by atoms with Crippen LogP contribution in [-0.2, 0) is 12.3 Å². The van der Waals surface area contributed by atoms with E-state index in [1.165, 1.54) is 11.8 Å². The van der Waals surface area contributed by atoms with Gasteiger partial charge in [-0.25, -0.2) is 0 Å². The maximum absolute atomic E-state index is 5.65. The second kappa shape index (κ2) is 8.57. The van der Waals surface area contributed by atoms with Crippen LogP contribution in [0, 0.1) is 0 Å². The van der Waals surface area contributed by atoms with Crippen molar-refractivity contribution in [1.82, 2.24) is 24.9 Å².